The molecule has 0 bridgehead atoms. The van der Waals surface area contributed by atoms with Crippen LogP contribution < -0.4 is 26.0 Å². The zero-order valence-corrected chi connectivity index (χ0v) is 47.5. The minimum atomic E-state index is -1.52. The molecule has 1 aliphatic rings. The summed E-state index contributed by atoms with van der Waals surface area (Å²) in [6.45, 7) is 3.83. The number of carboxylic acid groups (broad SMARTS) is 7. The summed E-state index contributed by atoms with van der Waals surface area (Å²) in [5, 5.41) is 83.8. The van der Waals surface area contributed by atoms with Crippen LogP contribution in [0, 0.1) is 0 Å². The van der Waals surface area contributed by atoms with Crippen molar-refractivity contribution < 1.29 is 88.4 Å². The van der Waals surface area contributed by atoms with Gasteiger partial charge in [-0.2, -0.15) is 0 Å². The van der Waals surface area contributed by atoms with E-state index >= 15 is 0 Å². The second-order valence-corrected chi connectivity index (χ2v) is 20.5. The number of imidazole rings is 1. The second-order valence-electron chi connectivity index (χ2n) is 20.5. The van der Waals surface area contributed by atoms with Crippen molar-refractivity contribution in [1.82, 2.24) is 70.3 Å². The van der Waals surface area contributed by atoms with Crippen molar-refractivity contribution in [3.63, 3.8) is 0 Å². The molecule has 1 saturated heterocycles. The third-order valence-electron chi connectivity index (χ3n) is 13.5. The molecule has 1 fully saturated rings. The Bertz CT molecular complexity index is 2610. The topological polar surface area (TPSA) is 434 Å². The van der Waals surface area contributed by atoms with Gasteiger partial charge in [-0.1, -0.05) is 23.8 Å². The van der Waals surface area contributed by atoms with Crippen molar-refractivity contribution >= 4 is 85.5 Å². The molecule has 2 atom stereocenters. The van der Waals surface area contributed by atoms with Crippen LogP contribution in [0.25, 0.3) is 0 Å². The molecule has 0 radical (unpaired) electrons. The first-order valence-electron chi connectivity index (χ1n) is 28.0. The van der Waals surface area contributed by atoms with Gasteiger partial charge in [-0.15, -0.1) is 5.10 Å². The Morgan fingerprint density at radius 2 is 1.10 bits per heavy atom. The van der Waals surface area contributed by atoms with E-state index in [-0.39, 0.29) is 129 Å². The van der Waals surface area contributed by atoms with Gasteiger partial charge in [0.2, 0.25) is 11.8 Å². The third-order valence-corrected chi connectivity index (χ3v) is 13.5. The molecule has 0 spiro atoms. The van der Waals surface area contributed by atoms with Gasteiger partial charge in [0.15, 0.2) is 0 Å². The van der Waals surface area contributed by atoms with E-state index in [9.17, 15) is 78.6 Å². The molecular weight excluding hydrogens is 1240 g/mol. The number of unbranched alkanes of at least 4 members (excludes halogenated alkanes) is 3. The van der Waals surface area contributed by atoms with Crippen LogP contribution in [0.3, 0.4) is 0 Å². The Balaban J connectivity index is 0.0000194. The van der Waals surface area contributed by atoms with Gasteiger partial charge in [-0.25, -0.2) is 19.4 Å². The molecule has 3 aromatic rings. The molecule has 0 unspecified atom stereocenters. The first kappa shape index (κ1) is 72.8. The predicted molar refractivity (Wildman–Crippen MR) is 308 cm³/mol. The first-order chi connectivity index (χ1) is 40.6. The maximum atomic E-state index is 13.1. The Kier molecular flexibility index (Phi) is 33.9. The van der Waals surface area contributed by atoms with E-state index < -0.39 is 66.3 Å². The summed E-state index contributed by atoms with van der Waals surface area (Å²) < 4.78 is 9.21. The molecule has 11 N–H and O–H groups in total. The molecule has 4 amide bonds. The van der Waals surface area contributed by atoms with Crippen LogP contribution >= 0.6 is 0 Å². The van der Waals surface area contributed by atoms with Crippen molar-refractivity contribution in [2.24, 2.45) is 0 Å². The number of amides is 4. The number of benzene rings is 1. The Morgan fingerprint density at radius 1 is 0.570 bits per heavy atom. The van der Waals surface area contributed by atoms with E-state index in [1.165, 1.54) is 0 Å². The van der Waals surface area contributed by atoms with E-state index in [0.717, 1.165) is 5.56 Å². The van der Waals surface area contributed by atoms with E-state index in [4.69, 9.17) is 9.84 Å². The number of aryl methyl sites for hydroxylation is 1. The number of aromatic nitrogens is 5. The Morgan fingerprint density at radius 3 is 1.65 bits per heavy atom. The molecule has 2 aromatic heterocycles. The van der Waals surface area contributed by atoms with Crippen LogP contribution in [0.15, 0.2) is 42.9 Å². The summed E-state index contributed by atoms with van der Waals surface area (Å²) >= 11 is 0. The number of hydrogen-bond donors (Lipinski definition) is 11. The van der Waals surface area contributed by atoms with Crippen molar-refractivity contribution in [3.8, 4) is 5.75 Å². The van der Waals surface area contributed by atoms with Crippen LogP contribution in [0.2, 0.25) is 0 Å². The van der Waals surface area contributed by atoms with Gasteiger partial charge in [0.05, 0.1) is 38.9 Å². The van der Waals surface area contributed by atoms with E-state index in [1.54, 1.807) is 42.5 Å². The first-order valence-corrected chi connectivity index (χ1v) is 28.0. The molecule has 0 saturated carbocycles. The molecule has 0 aliphatic carbocycles. The van der Waals surface area contributed by atoms with Gasteiger partial charge in [0.25, 0.3) is 0 Å². The number of carbonyl (C=O) groups is 10. The van der Waals surface area contributed by atoms with Crippen LogP contribution in [0.4, 0.5) is 4.79 Å². The summed E-state index contributed by atoms with van der Waals surface area (Å²) in [4.78, 5) is 132. The van der Waals surface area contributed by atoms with E-state index in [1.807, 2.05) is 29.2 Å². The van der Waals surface area contributed by atoms with Crippen LogP contribution in [0.1, 0.15) is 81.3 Å². The van der Waals surface area contributed by atoms with E-state index in [0.29, 0.717) is 115 Å². The number of nitrogens with zero attached hydrogens (tertiary/aromatic N) is 10. The molecule has 32 nitrogen and oxygen atoms in total. The monoisotopic (exact) mass is 1320 g/mol. The van der Waals surface area contributed by atoms with Crippen LogP contribution in [-0.4, -0.2) is 281 Å². The molecule has 86 heavy (non-hydrogen) atoms. The third kappa shape index (κ3) is 31.1. The fourth-order valence-corrected chi connectivity index (χ4v) is 9.06. The van der Waals surface area contributed by atoms with E-state index in [2.05, 4.69) is 41.5 Å². The zero-order chi connectivity index (χ0) is 62.1. The molecule has 3 heterocycles. The number of urea groups is 1. The fraction of sp³-hybridized carbons (Fsp3) is 0.604. The Labute approximate surface area is 514 Å². The van der Waals surface area contributed by atoms with Crippen molar-refractivity contribution in [3.05, 3.63) is 59.9 Å². The average molecular weight is 1320 g/mol. The van der Waals surface area contributed by atoms with Gasteiger partial charge < -0.3 is 66.3 Å². The standard InChI is InChI=1S/C53H80N14O18.In.3H/c68-44(55-15-4-3-7-41(51(80)81)57-53(84)58-42(52(82)83)13-14-46(70)71)8-2-1-5-18-65(31-43-54-17-20-66(43)36-50(78)79)29-38-9-11-40(12-10-38)85-37-39-30-67(60-59-39)19-6-16-56-45(69)32-61-21-23-62(33-47(72)73)25-27-64(35-49(76)77)28-26-63(24-22-61)34-48(74)75;;;;/h9-12,17,20,30,41-42H,1-8,13-16,18-19,21-29,31-37H2,(H,55,68)(H,56,69)(H,70,71)(H,72,73)(H,74,75)(H,76,77)(H,78,79)(H,80,81)(H,82,83)(H2,57,58,84);;;;/t41-,42-;;;;/m0..../s1. The van der Waals surface area contributed by atoms with Gasteiger partial charge in [0, 0.05) is 104 Å². The maximum absolute atomic E-state index is 13.1. The Hall–Kier alpha value is -7.46. The zero-order valence-electron chi connectivity index (χ0n) is 47.5. The number of hydrogen-bond acceptors (Lipinski definition) is 19. The SMILES string of the molecule is O=C(O)CC[C@H](NC(=O)N[C@@H](CCCCNC(=O)CCCCCN(Cc1ccc(OCc2cn(CCCNC(=O)CN3CCN(CC(=O)O)CCN(CC(=O)O)CCN(CC(=O)O)CC3)nn2)cc1)Cc1nccn1CC(=O)O)C(=O)O)C(=O)O.[InH3]. The molecule has 476 valence electrons. The van der Waals surface area contributed by atoms with Crippen molar-refractivity contribution in [2.75, 3.05) is 98.2 Å². The van der Waals surface area contributed by atoms with Gasteiger partial charge >= 0.3 is 73.7 Å². The van der Waals surface area contributed by atoms with Crippen molar-refractivity contribution in [2.45, 2.75) is 109 Å². The summed E-state index contributed by atoms with van der Waals surface area (Å²) in [7, 11) is 0. The molecule has 1 aliphatic heterocycles. The molecule has 1 aromatic carbocycles. The quantitative estimate of drug-likeness (QED) is 0.0271. The van der Waals surface area contributed by atoms with Gasteiger partial charge in [-0.05, 0) is 69.2 Å². The van der Waals surface area contributed by atoms with Crippen LogP contribution in [0.5, 0.6) is 5.75 Å². The summed E-state index contributed by atoms with van der Waals surface area (Å²) in [5.74, 6) is -7.50. The van der Waals surface area contributed by atoms with Crippen molar-refractivity contribution in [1.29, 1.82) is 0 Å². The number of nitrogens with one attached hydrogen (secondary N) is 4. The number of rotatable bonds is 39. The molecule has 4 rings (SSSR count). The number of ether oxygens (including phenoxy) is 1. The normalized spacial score (nSPS) is 14.5. The molecule has 33 heteroatoms. The molecular formula is C53H83InN14O18. The van der Waals surface area contributed by atoms with Crippen LogP contribution in [-0.2, 0) is 75.9 Å². The minimum absolute atomic E-state index is 0. The fourth-order valence-electron chi connectivity index (χ4n) is 9.06. The summed E-state index contributed by atoms with van der Waals surface area (Å²) in [6, 6.07) is 3.55. The van der Waals surface area contributed by atoms with Gasteiger partial charge in [-0.3, -0.25) is 62.7 Å². The summed E-state index contributed by atoms with van der Waals surface area (Å²) in [6.07, 6.45) is 7.47. The number of carbonyl (C=O) groups excluding carboxylic acids is 3. The number of aliphatic carboxylic acids is 7. The second kappa shape index (κ2) is 40.0. The number of carboxylic acids is 7. The summed E-state index contributed by atoms with van der Waals surface area (Å²) in [5.41, 5.74) is 1.52. The van der Waals surface area contributed by atoms with Gasteiger partial charge in [0.1, 0.15) is 42.5 Å². The predicted octanol–water partition coefficient (Wildman–Crippen LogP) is -2.14. The average Bonchev–Trinajstić information content (AvgIpc) is 4.32.